The molecule has 0 radical (unpaired) electrons. The summed E-state index contributed by atoms with van der Waals surface area (Å²) in [7, 11) is 2.18. The van der Waals surface area contributed by atoms with Crippen molar-refractivity contribution in [2.24, 2.45) is 11.7 Å². The molecule has 1 unspecified atom stereocenters. The summed E-state index contributed by atoms with van der Waals surface area (Å²) in [6.07, 6.45) is 3.99. The Labute approximate surface area is 111 Å². The van der Waals surface area contributed by atoms with Crippen molar-refractivity contribution in [1.82, 2.24) is 0 Å². The van der Waals surface area contributed by atoms with E-state index >= 15 is 0 Å². The van der Waals surface area contributed by atoms with Crippen molar-refractivity contribution >= 4 is 5.69 Å². The first-order valence-corrected chi connectivity index (χ1v) is 6.97. The number of benzene rings is 1. The van der Waals surface area contributed by atoms with Crippen molar-refractivity contribution < 1.29 is 0 Å². The van der Waals surface area contributed by atoms with Gasteiger partial charge < -0.3 is 10.6 Å². The Morgan fingerprint density at radius 3 is 2.22 bits per heavy atom. The van der Waals surface area contributed by atoms with Gasteiger partial charge in [0.15, 0.2) is 0 Å². The summed E-state index contributed by atoms with van der Waals surface area (Å²) in [6.45, 7) is 7.33. The summed E-state index contributed by atoms with van der Waals surface area (Å²) in [5.74, 6) is 0.895. The lowest BCUT2D eigenvalue weighted by atomic mass is 9.92. The molecule has 1 saturated carbocycles. The second kappa shape index (κ2) is 4.93. The molecular formula is C16H26N2. The minimum atomic E-state index is 0.0847. The summed E-state index contributed by atoms with van der Waals surface area (Å²) in [6, 6.07) is 6.74. The predicted octanol–water partition coefficient (Wildman–Crippen LogP) is 3.26. The molecule has 100 valence electrons. The minimum Gasteiger partial charge on any atom is -0.368 e. The van der Waals surface area contributed by atoms with E-state index < -0.39 is 0 Å². The van der Waals surface area contributed by atoms with Crippen LogP contribution in [0, 0.1) is 19.8 Å². The third-order valence-corrected chi connectivity index (χ3v) is 4.27. The van der Waals surface area contributed by atoms with Crippen LogP contribution in [0.2, 0.25) is 0 Å². The quantitative estimate of drug-likeness (QED) is 0.864. The zero-order chi connectivity index (χ0) is 13.3. The van der Waals surface area contributed by atoms with Crippen LogP contribution in [0.1, 0.15) is 37.3 Å². The van der Waals surface area contributed by atoms with Crippen molar-refractivity contribution in [3.63, 3.8) is 0 Å². The molecule has 0 saturated heterocycles. The fourth-order valence-corrected chi connectivity index (χ4v) is 2.76. The van der Waals surface area contributed by atoms with Crippen LogP contribution in [-0.4, -0.2) is 19.1 Å². The average molecular weight is 246 g/mol. The lowest BCUT2D eigenvalue weighted by Crippen LogP contribution is -2.50. The molecule has 1 aromatic carbocycles. The van der Waals surface area contributed by atoms with E-state index in [1.807, 2.05) is 0 Å². The number of rotatable bonds is 5. The fourth-order valence-electron chi connectivity index (χ4n) is 2.76. The van der Waals surface area contributed by atoms with Crippen molar-refractivity contribution in [2.45, 2.75) is 45.6 Å². The second-order valence-electron chi connectivity index (χ2n) is 6.25. The van der Waals surface area contributed by atoms with Gasteiger partial charge in [-0.3, -0.25) is 0 Å². The smallest absolute Gasteiger partial charge is 0.0495 e. The predicted molar refractivity (Wildman–Crippen MR) is 79.1 cm³/mol. The van der Waals surface area contributed by atoms with Crippen molar-refractivity contribution in [1.29, 1.82) is 0 Å². The van der Waals surface area contributed by atoms with Gasteiger partial charge >= 0.3 is 0 Å². The Kier molecular flexibility index (Phi) is 3.67. The summed E-state index contributed by atoms with van der Waals surface area (Å²) in [4.78, 5) is 2.38. The highest BCUT2D eigenvalue weighted by atomic mass is 15.2. The normalized spacial score (nSPS) is 18.5. The highest BCUT2D eigenvalue weighted by molar-refractivity contribution is 5.52. The van der Waals surface area contributed by atoms with E-state index in [2.05, 4.69) is 50.9 Å². The van der Waals surface area contributed by atoms with Crippen LogP contribution >= 0.6 is 0 Å². The van der Waals surface area contributed by atoms with Gasteiger partial charge in [-0.15, -0.1) is 0 Å². The molecule has 0 aliphatic heterocycles. The largest absolute Gasteiger partial charge is 0.368 e. The zero-order valence-electron chi connectivity index (χ0n) is 12.2. The Morgan fingerprint density at radius 2 is 1.78 bits per heavy atom. The summed E-state index contributed by atoms with van der Waals surface area (Å²) < 4.78 is 0. The van der Waals surface area contributed by atoms with E-state index in [0.717, 1.165) is 5.92 Å². The van der Waals surface area contributed by atoms with E-state index in [0.29, 0.717) is 6.54 Å². The van der Waals surface area contributed by atoms with Gasteiger partial charge in [0.1, 0.15) is 0 Å². The summed E-state index contributed by atoms with van der Waals surface area (Å²) in [5, 5.41) is 0. The lowest BCUT2D eigenvalue weighted by molar-refractivity contribution is 0.396. The highest BCUT2D eigenvalue weighted by Crippen LogP contribution is 2.39. The van der Waals surface area contributed by atoms with Gasteiger partial charge in [-0.2, -0.15) is 0 Å². The molecule has 1 aromatic rings. The molecular weight excluding hydrogens is 220 g/mol. The average Bonchev–Trinajstić information content (AvgIpc) is 3.10. The molecule has 0 spiro atoms. The Hall–Kier alpha value is -1.02. The van der Waals surface area contributed by atoms with Gasteiger partial charge in [-0.25, -0.2) is 0 Å². The van der Waals surface area contributed by atoms with Crippen LogP contribution < -0.4 is 10.6 Å². The molecule has 0 bridgehead atoms. The number of likely N-dealkylation sites (N-methyl/N-ethyl adjacent to an activating group) is 1. The molecule has 2 nitrogen and oxygen atoms in total. The first-order valence-electron chi connectivity index (χ1n) is 6.97. The number of nitrogens with zero attached hydrogens (tertiary/aromatic N) is 1. The molecule has 1 fully saturated rings. The van der Waals surface area contributed by atoms with Crippen LogP contribution in [0.4, 0.5) is 5.69 Å². The zero-order valence-corrected chi connectivity index (χ0v) is 12.2. The third kappa shape index (κ3) is 2.86. The van der Waals surface area contributed by atoms with Gasteiger partial charge in [-0.1, -0.05) is 18.9 Å². The maximum Gasteiger partial charge on any atom is 0.0495 e. The summed E-state index contributed by atoms with van der Waals surface area (Å²) in [5.41, 5.74) is 10.1. The van der Waals surface area contributed by atoms with Crippen LogP contribution in [0.15, 0.2) is 18.2 Å². The first kappa shape index (κ1) is 13.4. The molecule has 18 heavy (non-hydrogen) atoms. The fraction of sp³-hybridized carbons (Fsp3) is 0.625. The van der Waals surface area contributed by atoms with Gasteiger partial charge in [0.2, 0.25) is 0 Å². The molecule has 0 heterocycles. The van der Waals surface area contributed by atoms with E-state index in [1.54, 1.807) is 0 Å². The van der Waals surface area contributed by atoms with Crippen LogP contribution in [0.3, 0.4) is 0 Å². The number of hydrogen-bond acceptors (Lipinski definition) is 2. The number of anilines is 1. The van der Waals surface area contributed by atoms with Crippen molar-refractivity contribution in [2.75, 3.05) is 18.5 Å². The lowest BCUT2D eigenvalue weighted by Gasteiger charge is -2.40. The maximum absolute atomic E-state index is 6.06. The molecule has 1 atom stereocenters. The van der Waals surface area contributed by atoms with Gasteiger partial charge in [-0.05, 0) is 56.4 Å². The Morgan fingerprint density at radius 1 is 1.22 bits per heavy atom. The second-order valence-corrected chi connectivity index (χ2v) is 6.25. The van der Waals surface area contributed by atoms with E-state index in [-0.39, 0.29) is 5.54 Å². The molecule has 2 heteroatoms. The van der Waals surface area contributed by atoms with Gasteiger partial charge in [0.25, 0.3) is 0 Å². The van der Waals surface area contributed by atoms with Gasteiger partial charge in [0.05, 0.1) is 0 Å². The van der Waals surface area contributed by atoms with E-state index in [1.165, 1.54) is 36.1 Å². The maximum atomic E-state index is 6.06. The van der Waals surface area contributed by atoms with Crippen LogP contribution in [0.25, 0.3) is 0 Å². The number of nitrogens with two attached hydrogens (primary N) is 1. The Bertz CT molecular complexity index is 403. The standard InChI is InChI=1S/C16H26N2/c1-12-7-13(2)9-15(8-12)18(4)16(3,11-17)10-14-5-6-14/h7-9,14H,5-6,10-11,17H2,1-4H3. The topological polar surface area (TPSA) is 29.3 Å². The van der Waals surface area contributed by atoms with Crippen molar-refractivity contribution in [3.05, 3.63) is 29.3 Å². The number of aryl methyl sites for hydroxylation is 2. The van der Waals surface area contributed by atoms with E-state index in [9.17, 15) is 0 Å². The molecule has 2 N–H and O–H groups in total. The molecule has 0 aromatic heterocycles. The molecule has 0 amide bonds. The number of hydrogen-bond donors (Lipinski definition) is 1. The minimum absolute atomic E-state index is 0.0847. The molecule has 2 rings (SSSR count). The highest BCUT2D eigenvalue weighted by Gasteiger charge is 2.35. The third-order valence-electron chi connectivity index (χ3n) is 4.27. The molecule has 1 aliphatic carbocycles. The van der Waals surface area contributed by atoms with Gasteiger partial charge in [0, 0.05) is 24.8 Å². The van der Waals surface area contributed by atoms with Crippen molar-refractivity contribution in [3.8, 4) is 0 Å². The first-order chi connectivity index (χ1) is 8.44. The SMILES string of the molecule is Cc1cc(C)cc(N(C)C(C)(CN)CC2CC2)c1. The van der Waals surface area contributed by atoms with Crippen LogP contribution in [-0.2, 0) is 0 Å². The molecule has 1 aliphatic rings. The summed E-state index contributed by atoms with van der Waals surface area (Å²) >= 11 is 0. The monoisotopic (exact) mass is 246 g/mol. The van der Waals surface area contributed by atoms with Crippen LogP contribution in [0.5, 0.6) is 0 Å². The van der Waals surface area contributed by atoms with E-state index in [4.69, 9.17) is 5.73 Å². The Balaban J connectivity index is 2.23.